The summed E-state index contributed by atoms with van der Waals surface area (Å²) in [5.74, 6) is -0.0440. The summed E-state index contributed by atoms with van der Waals surface area (Å²) in [6.45, 7) is 2.70. The van der Waals surface area contributed by atoms with Crippen molar-refractivity contribution in [2.75, 3.05) is 6.54 Å². The molecule has 0 radical (unpaired) electrons. The molecule has 0 spiro atoms. The van der Waals surface area contributed by atoms with Gasteiger partial charge in [0, 0.05) is 30.4 Å². The van der Waals surface area contributed by atoms with Crippen LogP contribution in [0.2, 0.25) is 0 Å². The molecule has 3 aromatic rings. The first kappa shape index (κ1) is 16.9. The van der Waals surface area contributed by atoms with Crippen LogP contribution >= 0.6 is 0 Å². The maximum atomic E-state index is 12.7. The van der Waals surface area contributed by atoms with E-state index in [9.17, 15) is 4.79 Å². The number of hydrogen-bond donors (Lipinski definition) is 1. The van der Waals surface area contributed by atoms with Crippen molar-refractivity contribution >= 4 is 5.91 Å². The molecule has 0 aliphatic heterocycles. The van der Waals surface area contributed by atoms with E-state index in [-0.39, 0.29) is 5.91 Å². The molecule has 1 aromatic heterocycles. The second-order valence-electron chi connectivity index (χ2n) is 5.88. The molecule has 0 unspecified atom stereocenters. The third-order valence-electron chi connectivity index (χ3n) is 4.25. The van der Waals surface area contributed by atoms with Gasteiger partial charge < -0.3 is 5.32 Å². The Morgan fingerprint density at radius 3 is 2.40 bits per heavy atom. The quantitative estimate of drug-likeness (QED) is 0.733. The van der Waals surface area contributed by atoms with E-state index in [0.29, 0.717) is 12.1 Å². The summed E-state index contributed by atoms with van der Waals surface area (Å²) in [6, 6.07) is 21.9. The molecule has 1 amide bonds. The molecule has 0 bridgehead atoms. The highest BCUT2D eigenvalue weighted by atomic mass is 16.1. The van der Waals surface area contributed by atoms with E-state index in [1.54, 1.807) is 6.20 Å². The fourth-order valence-corrected chi connectivity index (χ4v) is 2.95. The van der Waals surface area contributed by atoms with Gasteiger partial charge in [-0.1, -0.05) is 55.5 Å². The van der Waals surface area contributed by atoms with Crippen LogP contribution in [0.25, 0.3) is 11.1 Å². The summed E-state index contributed by atoms with van der Waals surface area (Å²) in [5.41, 5.74) is 5.05. The van der Waals surface area contributed by atoms with Crippen molar-refractivity contribution in [2.45, 2.75) is 19.8 Å². The van der Waals surface area contributed by atoms with Crippen molar-refractivity contribution in [1.82, 2.24) is 10.3 Å². The summed E-state index contributed by atoms with van der Waals surface area (Å²) in [6.07, 6.45) is 3.43. The average Bonchev–Trinajstić information content (AvgIpc) is 2.68. The van der Waals surface area contributed by atoms with E-state index in [2.05, 4.69) is 29.4 Å². The summed E-state index contributed by atoms with van der Waals surface area (Å²) in [4.78, 5) is 17.0. The second kappa shape index (κ2) is 8.25. The Balaban J connectivity index is 1.77. The Kier molecular flexibility index (Phi) is 5.57. The molecule has 1 N–H and O–H groups in total. The first-order valence-corrected chi connectivity index (χ1v) is 8.65. The molecule has 3 heteroatoms. The van der Waals surface area contributed by atoms with Crippen molar-refractivity contribution < 1.29 is 4.79 Å². The molecule has 0 saturated carbocycles. The summed E-state index contributed by atoms with van der Waals surface area (Å²) in [7, 11) is 0. The molecule has 0 aliphatic rings. The number of pyridine rings is 1. The maximum absolute atomic E-state index is 12.7. The number of hydrogen-bond acceptors (Lipinski definition) is 2. The van der Waals surface area contributed by atoms with Crippen LogP contribution in [-0.4, -0.2) is 17.4 Å². The normalized spacial score (nSPS) is 10.4. The molecule has 0 atom stereocenters. The Bertz CT molecular complexity index is 843. The molecule has 0 fully saturated rings. The van der Waals surface area contributed by atoms with Crippen LogP contribution in [0, 0.1) is 0 Å². The van der Waals surface area contributed by atoms with Gasteiger partial charge in [-0.3, -0.25) is 9.78 Å². The fraction of sp³-hybridized carbons (Fsp3) is 0.182. The van der Waals surface area contributed by atoms with Crippen LogP contribution in [0.3, 0.4) is 0 Å². The number of nitrogens with one attached hydrogen (secondary N) is 1. The smallest absolute Gasteiger partial charge is 0.251 e. The lowest BCUT2D eigenvalue weighted by Gasteiger charge is -2.13. The minimum atomic E-state index is -0.0440. The van der Waals surface area contributed by atoms with Crippen molar-refractivity contribution in [3.8, 4) is 11.1 Å². The number of amides is 1. The maximum Gasteiger partial charge on any atom is 0.251 e. The summed E-state index contributed by atoms with van der Waals surface area (Å²) in [5, 5.41) is 3.02. The highest BCUT2D eigenvalue weighted by Gasteiger charge is 2.13. The standard InChI is InChI=1S/C22H22N2O/c1-2-17-9-3-4-11-19(17)20-12-5-6-13-21(20)22(25)24-16-14-18-10-7-8-15-23-18/h3-13,15H,2,14,16H2,1H3,(H,24,25). The van der Waals surface area contributed by atoms with Gasteiger partial charge in [0.05, 0.1) is 0 Å². The van der Waals surface area contributed by atoms with Gasteiger partial charge in [-0.15, -0.1) is 0 Å². The molecular weight excluding hydrogens is 308 g/mol. The third kappa shape index (κ3) is 4.13. The summed E-state index contributed by atoms with van der Waals surface area (Å²) >= 11 is 0. The first-order chi connectivity index (χ1) is 12.3. The number of aryl methyl sites for hydroxylation is 1. The number of aromatic nitrogens is 1. The third-order valence-corrected chi connectivity index (χ3v) is 4.25. The number of carbonyl (C=O) groups is 1. The zero-order chi connectivity index (χ0) is 17.5. The highest BCUT2D eigenvalue weighted by molar-refractivity contribution is 6.01. The van der Waals surface area contributed by atoms with Gasteiger partial charge in [0.2, 0.25) is 0 Å². The number of rotatable bonds is 6. The first-order valence-electron chi connectivity index (χ1n) is 8.65. The van der Waals surface area contributed by atoms with Gasteiger partial charge in [0.15, 0.2) is 0 Å². The molecule has 3 nitrogen and oxygen atoms in total. The molecule has 25 heavy (non-hydrogen) atoms. The lowest BCUT2D eigenvalue weighted by Crippen LogP contribution is -2.26. The number of carbonyl (C=O) groups excluding carboxylic acids is 1. The second-order valence-corrected chi connectivity index (χ2v) is 5.88. The van der Waals surface area contributed by atoms with E-state index in [1.165, 1.54) is 5.56 Å². The SMILES string of the molecule is CCc1ccccc1-c1ccccc1C(=O)NCCc1ccccn1. The molecule has 1 heterocycles. The Labute approximate surface area is 148 Å². The fourth-order valence-electron chi connectivity index (χ4n) is 2.95. The van der Waals surface area contributed by atoms with E-state index in [4.69, 9.17) is 0 Å². The molecule has 3 rings (SSSR count). The van der Waals surface area contributed by atoms with Crippen LogP contribution < -0.4 is 5.32 Å². The van der Waals surface area contributed by atoms with Gasteiger partial charge in [0.1, 0.15) is 0 Å². The Hall–Kier alpha value is -2.94. The van der Waals surface area contributed by atoms with Crippen molar-refractivity contribution in [3.63, 3.8) is 0 Å². The minimum Gasteiger partial charge on any atom is -0.352 e. The summed E-state index contributed by atoms with van der Waals surface area (Å²) < 4.78 is 0. The van der Waals surface area contributed by atoms with Gasteiger partial charge in [-0.25, -0.2) is 0 Å². The van der Waals surface area contributed by atoms with Crippen molar-refractivity contribution in [2.24, 2.45) is 0 Å². The highest BCUT2D eigenvalue weighted by Crippen LogP contribution is 2.27. The van der Waals surface area contributed by atoms with Crippen molar-refractivity contribution in [1.29, 1.82) is 0 Å². The minimum absolute atomic E-state index is 0.0440. The molecule has 0 aliphatic carbocycles. The molecule has 2 aromatic carbocycles. The number of benzene rings is 2. The van der Waals surface area contributed by atoms with Crippen LogP contribution in [0.4, 0.5) is 0 Å². The number of nitrogens with zero attached hydrogens (tertiary/aromatic N) is 1. The molecular formula is C22H22N2O. The Morgan fingerprint density at radius 1 is 0.920 bits per heavy atom. The molecule has 0 saturated heterocycles. The zero-order valence-corrected chi connectivity index (χ0v) is 14.4. The van der Waals surface area contributed by atoms with E-state index >= 15 is 0 Å². The van der Waals surface area contributed by atoms with Crippen LogP contribution in [0.1, 0.15) is 28.5 Å². The lowest BCUT2D eigenvalue weighted by molar-refractivity contribution is 0.0954. The van der Waals surface area contributed by atoms with Gasteiger partial charge >= 0.3 is 0 Å². The monoisotopic (exact) mass is 330 g/mol. The zero-order valence-electron chi connectivity index (χ0n) is 14.4. The van der Waals surface area contributed by atoms with Gasteiger partial charge in [0.25, 0.3) is 5.91 Å². The van der Waals surface area contributed by atoms with Crippen LogP contribution in [0.5, 0.6) is 0 Å². The van der Waals surface area contributed by atoms with E-state index in [0.717, 1.165) is 29.7 Å². The molecule has 126 valence electrons. The van der Waals surface area contributed by atoms with E-state index < -0.39 is 0 Å². The topological polar surface area (TPSA) is 42.0 Å². The lowest BCUT2D eigenvalue weighted by atomic mass is 9.94. The van der Waals surface area contributed by atoms with Crippen LogP contribution in [0.15, 0.2) is 72.9 Å². The Morgan fingerprint density at radius 2 is 1.64 bits per heavy atom. The van der Waals surface area contributed by atoms with Gasteiger partial charge in [-0.05, 0) is 41.3 Å². The largest absolute Gasteiger partial charge is 0.352 e. The van der Waals surface area contributed by atoms with Crippen molar-refractivity contribution in [3.05, 3.63) is 89.7 Å². The van der Waals surface area contributed by atoms with E-state index in [1.807, 2.05) is 54.6 Å². The average molecular weight is 330 g/mol. The predicted molar refractivity (Wildman–Crippen MR) is 102 cm³/mol. The van der Waals surface area contributed by atoms with Gasteiger partial charge in [-0.2, -0.15) is 0 Å². The predicted octanol–water partition coefficient (Wildman–Crippen LogP) is 4.28. The van der Waals surface area contributed by atoms with Crippen LogP contribution in [-0.2, 0) is 12.8 Å².